The average molecular weight is 541 g/mol. The van der Waals surface area contributed by atoms with Gasteiger partial charge < -0.3 is 9.84 Å². The van der Waals surface area contributed by atoms with E-state index < -0.39 is 16.0 Å². The molecule has 0 aliphatic heterocycles. The van der Waals surface area contributed by atoms with Crippen molar-refractivity contribution in [2.45, 2.75) is 37.3 Å². The molecule has 0 aliphatic rings. The van der Waals surface area contributed by atoms with E-state index in [0.29, 0.717) is 24.3 Å². The lowest BCUT2D eigenvalue weighted by Crippen LogP contribution is -2.34. The molecular weight excluding hydrogens is 512 g/mol. The molecule has 0 spiro atoms. The van der Waals surface area contributed by atoms with Crippen molar-refractivity contribution in [2.24, 2.45) is 0 Å². The number of hydrogen-bond acceptors (Lipinski definition) is 5. The number of rotatable bonds is 10. The molecule has 0 saturated heterocycles. The molecule has 39 heavy (non-hydrogen) atoms. The van der Waals surface area contributed by atoms with E-state index in [1.807, 2.05) is 66.7 Å². The molecule has 1 heterocycles. The number of ether oxygens (including phenoxy) is 1. The van der Waals surface area contributed by atoms with E-state index in [0.717, 1.165) is 32.9 Å². The van der Waals surface area contributed by atoms with Gasteiger partial charge in [-0.2, -0.15) is 0 Å². The van der Waals surface area contributed by atoms with E-state index in [4.69, 9.17) is 9.84 Å². The monoisotopic (exact) mass is 540 g/mol. The molecule has 1 aromatic heterocycles. The van der Waals surface area contributed by atoms with Crippen LogP contribution in [0.5, 0.6) is 5.75 Å². The molecule has 0 saturated carbocycles. The van der Waals surface area contributed by atoms with Crippen molar-refractivity contribution in [1.29, 1.82) is 0 Å². The van der Waals surface area contributed by atoms with E-state index >= 15 is 0 Å². The molecule has 0 aliphatic carbocycles. The van der Waals surface area contributed by atoms with E-state index in [9.17, 15) is 13.2 Å². The fourth-order valence-corrected chi connectivity index (χ4v) is 5.78. The predicted molar refractivity (Wildman–Crippen MR) is 151 cm³/mol. The van der Waals surface area contributed by atoms with Crippen LogP contribution in [-0.4, -0.2) is 30.5 Å². The number of carboxylic acid groups (broad SMARTS) is 1. The van der Waals surface area contributed by atoms with Crippen LogP contribution in [-0.2, 0) is 34.3 Å². The largest absolute Gasteiger partial charge is 0.487 e. The summed E-state index contributed by atoms with van der Waals surface area (Å²) >= 11 is 0. The van der Waals surface area contributed by atoms with Gasteiger partial charge in [-0.15, -0.1) is 0 Å². The lowest BCUT2D eigenvalue weighted by molar-refractivity contribution is -0.136. The van der Waals surface area contributed by atoms with Crippen LogP contribution in [0.15, 0.2) is 102 Å². The van der Waals surface area contributed by atoms with Crippen molar-refractivity contribution in [3.8, 4) is 5.75 Å². The van der Waals surface area contributed by atoms with Crippen LogP contribution in [0.2, 0.25) is 0 Å². The first-order valence-electron chi connectivity index (χ1n) is 12.6. The van der Waals surface area contributed by atoms with E-state index in [1.165, 1.54) is 0 Å². The van der Waals surface area contributed by atoms with Crippen LogP contribution in [0, 0.1) is 0 Å². The molecule has 2 N–H and O–H groups in total. The Morgan fingerprint density at radius 2 is 1.59 bits per heavy atom. The number of carboxylic acids is 1. The molecule has 7 nitrogen and oxygen atoms in total. The standard InChI is InChI=1S/C31H28N2O5S/c1-21(16-22-6-8-23(9-7-22)17-31(34)35)33-39(36,37)29-15-12-24-11-14-28(18-26(24)19-29)38-20-27-13-10-25-4-2-3-5-30(25)32-27/h2-15,18-19,21,33H,16-17,20H2,1H3,(H,34,35). The van der Waals surface area contributed by atoms with Crippen LogP contribution in [0.4, 0.5) is 0 Å². The van der Waals surface area contributed by atoms with E-state index in [2.05, 4.69) is 9.71 Å². The van der Waals surface area contributed by atoms with E-state index in [1.54, 1.807) is 37.3 Å². The Bertz CT molecular complexity index is 1750. The molecule has 0 fully saturated rings. The number of pyridine rings is 1. The summed E-state index contributed by atoms with van der Waals surface area (Å²) in [6.45, 7) is 2.10. The molecule has 0 amide bonds. The van der Waals surface area contributed by atoms with Crippen molar-refractivity contribution in [2.75, 3.05) is 0 Å². The van der Waals surface area contributed by atoms with Gasteiger partial charge in [-0.25, -0.2) is 18.1 Å². The Hall–Kier alpha value is -4.27. The van der Waals surface area contributed by atoms with Crippen molar-refractivity contribution < 1.29 is 23.1 Å². The van der Waals surface area contributed by atoms with Gasteiger partial charge in [-0.1, -0.05) is 60.7 Å². The first kappa shape index (κ1) is 26.3. The number of nitrogens with zero attached hydrogens (tertiary/aromatic N) is 1. The van der Waals surface area contributed by atoms with Crippen molar-refractivity contribution in [1.82, 2.24) is 9.71 Å². The number of aliphatic carboxylic acids is 1. The number of carbonyl (C=O) groups is 1. The zero-order chi connectivity index (χ0) is 27.4. The second-order valence-corrected chi connectivity index (χ2v) is 11.3. The zero-order valence-corrected chi connectivity index (χ0v) is 22.2. The summed E-state index contributed by atoms with van der Waals surface area (Å²) in [5, 5.41) is 11.6. The fraction of sp³-hybridized carbons (Fsp3) is 0.161. The molecule has 198 valence electrons. The summed E-state index contributed by atoms with van der Waals surface area (Å²) in [7, 11) is -3.76. The van der Waals surface area contributed by atoms with Crippen molar-refractivity contribution >= 4 is 37.7 Å². The number of fused-ring (bicyclic) bond motifs is 2. The van der Waals surface area contributed by atoms with Gasteiger partial charge in [0, 0.05) is 11.4 Å². The normalized spacial score (nSPS) is 12.4. The highest BCUT2D eigenvalue weighted by molar-refractivity contribution is 7.89. The zero-order valence-electron chi connectivity index (χ0n) is 21.4. The number of nitrogens with one attached hydrogen (secondary N) is 1. The second kappa shape index (κ2) is 11.2. The Morgan fingerprint density at radius 3 is 2.38 bits per heavy atom. The predicted octanol–water partition coefficient (Wildman–Crippen LogP) is 5.50. The van der Waals surface area contributed by atoms with Gasteiger partial charge in [0.05, 0.1) is 22.5 Å². The molecule has 5 rings (SSSR count). The van der Waals surface area contributed by atoms with Gasteiger partial charge in [0.2, 0.25) is 10.0 Å². The summed E-state index contributed by atoms with van der Waals surface area (Å²) in [4.78, 5) is 15.7. The van der Waals surface area contributed by atoms with Crippen LogP contribution >= 0.6 is 0 Å². The van der Waals surface area contributed by atoms with Gasteiger partial charge in [0.1, 0.15) is 12.4 Å². The molecule has 8 heteroatoms. The number of aromatic nitrogens is 1. The molecule has 1 atom stereocenters. The second-order valence-electron chi connectivity index (χ2n) is 9.57. The lowest BCUT2D eigenvalue weighted by atomic mass is 10.0. The first-order chi connectivity index (χ1) is 18.7. The first-order valence-corrected chi connectivity index (χ1v) is 14.1. The van der Waals surface area contributed by atoms with Gasteiger partial charge in [0.15, 0.2) is 0 Å². The van der Waals surface area contributed by atoms with Crippen LogP contribution in [0.1, 0.15) is 23.7 Å². The molecule has 0 bridgehead atoms. The van der Waals surface area contributed by atoms with Crippen LogP contribution < -0.4 is 9.46 Å². The maximum Gasteiger partial charge on any atom is 0.307 e. The Morgan fingerprint density at radius 1 is 0.872 bits per heavy atom. The number of hydrogen-bond donors (Lipinski definition) is 2. The number of sulfonamides is 1. The fourth-order valence-electron chi connectivity index (χ4n) is 4.50. The van der Waals surface area contributed by atoms with Gasteiger partial charge in [-0.3, -0.25) is 4.79 Å². The Balaban J connectivity index is 1.26. The van der Waals surface area contributed by atoms with Crippen molar-refractivity contribution in [3.63, 3.8) is 0 Å². The van der Waals surface area contributed by atoms with Crippen LogP contribution in [0.25, 0.3) is 21.7 Å². The highest BCUT2D eigenvalue weighted by atomic mass is 32.2. The third-order valence-electron chi connectivity index (χ3n) is 6.41. The minimum Gasteiger partial charge on any atom is -0.487 e. The van der Waals surface area contributed by atoms with E-state index in [-0.39, 0.29) is 17.4 Å². The van der Waals surface area contributed by atoms with Gasteiger partial charge in [-0.05, 0) is 71.6 Å². The third kappa shape index (κ3) is 6.60. The highest BCUT2D eigenvalue weighted by Gasteiger charge is 2.18. The molecule has 1 unspecified atom stereocenters. The maximum atomic E-state index is 13.1. The maximum absolute atomic E-state index is 13.1. The molecule has 4 aromatic carbocycles. The molecular formula is C31H28N2O5S. The molecule has 0 radical (unpaired) electrons. The minimum absolute atomic E-state index is 0.0441. The average Bonchev–Trinajstić information content (AvgIpc) is 2.92. The van der Waals surface area contributed by atoms with Crippen molar-refractivity contribution in [3.05, 3.63) is 114 Å². The van der Waals surface area contributed by atoms with Gasteiger partial charge >= 0.3 is 5.97 Å². The summed E-state index contributed by atoms with van der Waals surface area (Å²) in [6, 6.07) is 29.3. The lowest BCUT2D eigenvalue weighted by Gasteiger charge is -2.15. The summed E-state index contributed by atoms with van der Waals surface area (Å²) in [5.74, 6) is -0.264. The minimum atomic E-state index is -3.76. The van der Waals surface area contributed by atoms with Crippen LogP contribution in [0.3, 0.4) is 0 Å². The Labute approximate surface area is 227 Å². The quantitative estimate of drug-likeness (QED) is 0.242. The van der Waals surface area contributed by atoms with Gasteiger partial charge in [0.25, 0.3) is 0 Å². The topological polar surface area (TPSA) is 106 Å². The Kier molecular flexibility index (Phi) is 7.58. The summed E-state index contributed by atoms with van der Waals surface area (Å²) in [5.41, 5.74) is 3.33. The smallest absolute Gasteiger partial charge is 0.307 e. The third-order valence-corrected chi connectivity index (χ3v) is 8.00. The SMILES string of the molecule is CC(Cc1ccc(CC(=O)O)cc1)NS(=O)(=O)c1ccc2ccc(OCc3ccc4ccccc4n3)cc2c1. The number of para-hydroxylation sites is 1. The molecule has 5 aromatic rings. The summed E-state index contributed by atoms with van der Waals surface area (Å²) < 4.78 is 35.0. The number of benzene rings is 4. The highest BCUT2D eigenvalue weighted by Crippen LogP contribution is 2.25. The summed E-state index contributed by atoms with van der Waals surface area (Å²) in [6.07, 6.45) is 0.429.